The second-order valence-electron chi connectivity index (χ2n) is 4.84. The van der Waals surface area contributed by atoms with Gasteiger partial charge in [0.25, 0.3) is 5.91 Å². The largest absolute Gasteiger partial charge is 0.484 e. The Kier molecular flexibility index (Phi) is 5.65. The van der Waals surface area contributed by atoms with E-state index in [9.17, 15) is 4.79 Å². The van der Waals surface area contributed by atoms with Crippen molar-refractivity contribution in [3.8, 4) is 17.0 Å². The molecule has 2 aromatic carbocycles. The fourth-order valence-corrected chi connectivity index (χ4v) is 3.49. The zero-order chi connectivity index (χ0) is 16.9. The molecule has 3 rings (SSSR count). The average molecular weight is 468 g/mol. The summed E-state index contributed by atoms with van der Waals surface area (Å²) in [6.07, 6.45) is 0. The first-order chi connectivity index (χ1) is 11.6. The number of hydrogen-bond donors (Lipinski definition) is 1. The highest BCUT2D eigenvalue weighted by Gasteiger charge is 2.09. The summed E-state index contributed by atoms with van der Waals surface area (Å²) in [6, 6.07) is 15.2. The van der Waals surface area contributed by atoms with Crippen LogP contribution < -0.4 is 10.1 Å². The van der Waals surface area contributed by atoms with E-state index in [1.165, 1.54) is 11.3 Å². The number of anilines is 1. The van der Waals surface area contributed by atoms with Gasteiger partial charge in [-0.15, -0.1) is 11.3 Å². The predicted molar refractivity (Wildman–Crippen MR) is 104 cm³/mol. The SMILES string of the molecule is O=C(COc1cccc(Br)c1)Nc1nc(-c2cccc(Br)c2)cs1. The van der Waals surface area contributed by atoms with Crippen molar-refractivity contribution in [2.24, 2.45) is 0 Å². The van der Waals surface area contributed by atoms with Crippen molar-refractivity contribution < 1.29 is 9.53 Å². The standard InChI is InChI=1S/C17H12Br2N2O2S/c18-12-4-1-3-11(7-12)15-10-24-17(20-15)21-16(22)9-23-14-6-2-5-13(19)8-14/h1-8,10H,9H2,(H,20,21,22). The average Bonchev–Trinajstić information content (AvgIpc) is 3.01. The predicted octanol–water partition coefficient (Wildman–Crippen LogP) is 5.35. The minimum atomic E-state index is -0.245. The monoisotopic (exact) mass is 466 g/mol. The van der Waals surface area contributed by atoms with Crippen molar-refractivity contribution in [1.82, 2.24) is 4.98 Å². The van der Waals surface area contributed by atoms with Gasteiger partial charge in [-0.1, -0.05) is 50.1 Å². The smallest absolute Gasteiger partial charge is 0.264 e. The number of benzene rings is 2. The topological polar surface area (TPSA) is 51.2 Å². The molecule has 0 aliphatic carbocycles. The molecule has 0 aliphatic heterocycles. The molecule has 3 aromatic rings. The van der Waals surface area contributed by atoms with Gasteiger partial charge in [0, 0.05) is 19.9 Å². The highest BCUT2D eigenvalue weighted by atomic mass is 79.9. The Morgan fingerprint density at radius 2 is 1.88 bits per heavy atom. The van der Waals surface area contributed by atoms with Crippen LogP contribution in [-0.2, 0) is 4.79 Å². The highest BCUT2D eigenvalue weighted by molar-refractivity contribution is 9.10. The van der Waals surface area contributed by atoms with Crippen LogP contribution in [0.1, 0.15) is 0 Å². The normalized spacial score (nSPS) is 10.4. The molecule has 1 amide bonds. The first kappa shape index (κ1) is 17.1. The van der Waals surface area contributed by atoms with E-state index in [1.54, 1.807) is 6.07 Å². The molecule has 0 spiro atoms. The van der Waals surface area contributed by atoms with Gasteiger partial charge in [-0.25, -0.2) is 4.98 Å². The van der Waals surface area contributed by atoms with Gasteiger partial charge >= 0.3 is 0 Å². The summed E-state index contributed by atoms with van der Waals surface area (Å²) < 4.78 is 7.35. The fourth-order valence-electron chi connectivity index (χ4n) is 1.97. The Hall–Kier alpha value is -1.70. The van der Waals surface area contributed by atoms with Crippen molar-refractivity contribution in [1.29, 1.82) is 0 Å². The Labute approximate surface area is 160 Å². The number of ether oxygens (including phenoxy) is 1. The summed E-state index contributed by atoms with van der Waals surface area (Å²) in [5.74, 6) is 0.388. The molecule has 0 radical (unpaired) electrons. The number of halogens is 2. The lowest BCUT2D eigenvalue weighted by Crippen LogP contribution is -2.20. The maximum atomic E-state index is 12.0. The third-order valence-electron chi connectivity index (χ3n) is 3.04. The summed E-state index contributed by atoms with van der Waals surface area (Å²) in [7, 11) is 0. The van der Waals surface area contributed by atoms with E-state index in [2.05, 4.69) is 42.2 Å². The molecular formula is C17H12Br2N2O2S. The van der Waals surface area contributed by atoms with Crippen LogP contribution in [-0.4, -0.2) is 17.5 Å². The van der Waals surface area contributed by atoms with Crippen molar-refractivity contribution in [3.05, 3.63) is 62.9 Å². The van der Waals surface area contributed by atoms with Crippen LogP contribution >= 0.6 is 43.2 Å². The molecule has 0 fully saturated rings. The molecule has 4 nitrogen and oxygen atoms in total. The summed E-state index contributed by atoms with van der Waals surface area (Å²) in [5, 5.41) is 5.21. The molecule has 1 heterocycles. The molecule has 0 unspecified atom stereocenters. The number of amides is 1. The Bertz CT molecular complexity index is 867. The Morgan fingerprint density at radius 3 is 2.62 bits per heavy atom. The van der Waals surface area contributed by atoms with E-state index in [-0.39, 0.29) is 12.5 Å². The first-order valence-electron chi connectivity index (χ1n) is 7.00. The highest BCUT2D eigenvalue weighted by Crippen LogP contribution is 2.26. The second kappa shape index (κ2) is 7.92. The van der Waals surface area contributed by atoms with Crippen LogP contribution in [0, 0.1) is 0 Å². The maximum absolute atomic E-state index is 12.0. The molecular weight excluding hydrogens is 456 g/mol. The lowest BCUT2D eigenvalue weighted by molar-refractivity contribution is -0.118. The molecule has 0 atom stereocenters. The van der Waals surface area contributed by atoms with E-state index in [1.807, 2.05) is 47.8 Å². The minimum absolute atomic E-state index is 0.0672. The van der Waals surface area contributed by atoms with E-state index in [0.29, 0.717) is 10.9 Å². The molecule has 122 valence electrons. The lowest BCUT2D eigenvalue weighted by Gasteiger charge is -2.06. The van der Waals surface area contributed by atoms with Gasteiger partial charge in [-0.05, 0) is 30.3 Å². The Morgan fingerprint density at radius 1 is 1.12 bits per heavy atom. The van der Waals surface area contributed by atoms with Gasteiger partial charge in [0.2, 0.25) is 0 Å². The van der Waals surface area contributed by atoms with Crippen LogP contribution in [0.5, 0.6) is 5.75 Å². The molecule has 7 heteroatoms. The van der Waals surface area contributed by atoms with Gasteiger partial charge in [0.1, 0.15) is 5.75 Å². The zero-order valence-corrected chi connectivity index (χ0v) is 16.3. The number of aromatic nitrogens is 1. The molecule has 1 N–H and O–H groups in total. The van der Waals surface area contributed by atoms with Gasteiger partial charge in [0.15, 0.2) is 11.7 Å². The van der Waals surface area contributed by atoms with Crippen LogP contribution in [0.15, 0.2) is 62.9 Å². The molecule has 0 saturated carbocycles. The van der Waals surface area contributed by atoms with Crippen molar-refractivity contribution >= 4 is 54.2 Å². The molecule has 0 saturated heterocycles. The number of rotatable bonds is 5. The number of nitrogens with one attached hydrogen (secondary N) is 1. The molecule has 24 heavy (non-hydrogen) atoms. The molecule has 0 aliphatic rings. The van der Waals surface area contributed by atoms with Crippen LogP contribution in [0.4, 0.5) is 5.13 Å². The number of hydrogen-bond acceptors (Lipinski definition) is 4. The summed E-state index contributed by atoms with van der Waals surface area (Å²) in [6.45, 7) is -0.0672. The summed E-state index contributed by atoms with van der Waals surface area (Å²) in [5.41, 5.74) is 1.82. The Balaban J connectivity index is 1.59. The fraction of sp³-hybridized carbons (Fsp3) is 0.0588. The second-order valence-corrected chi connectivity index (χ2v) is 7.53. The van der Waals surface area contributed by atoms with Crippen molar-refractivity contribution in [2.75, 3.05) is 11.9 Å². The van der Waals surface area contributed by atoms with Crippen molar-refractivity contribution in [2.45, 2.75) is 0 Å². The number of thiazole rings is 1. The van der Waals surface area contributed by atoms with Gasteiger partial charge in [-0.3, -0.25) is 10.1 Å². The van der Waals surface area contributed by atoms with Crippen molar-refractivity contribution in [3.63, 3.8) is 0 Å². The number of nitrogens with zero attached hydrogens (tertiary/aromatic N) is 1. The van der Waals surface area contributed by atoms with Crippen LogP contribution in [0.2, 0.25) is 0 Å². The minimum Gasteiger partial charge on any atom is -0.484 e. The summed E-state index contributed by atoms with van der Waals surface area (Å²) >= 11 is 8.18. The zero-order valence-electron chi connectivity index (χ0n) is 12.3. The van der Waals surface area contributed by atoms with Crippen LogP contribution in [0.25, 0.3) is 11.3 Å². The molecule has 1 aromatic heterocycles. The van der Waals surface area contributed by atoms with Crippen LogP contribution in [0.3, 0.4) is 0 Å². The van der Waals surface area contributed by atoms with E-state index in [0.717, 1.165) is 20.2 Å². The number of carbonyl (C=O) groups is 1. The van der Waals surface area contributed by atoms with Gasteiger partial charge in [-0.2, -0.15) is 0 Å². The van der Waals surface area contributed by atoms with E-state index < -0.39 is 0 Å². The third kappa shape index (κ3) is 4.66. The first-order valence-corrected chi connectivity index (χ1v) is 9.46. The van der Waals surface area contributed by atoms with Gasteiger partial charge < -0.3 is 4.74 Å². The maximum Gasteiger partial charge on any atom is 0.264 e. The summed E-state index contributed by atoms with van der Waals surface area (Å²) in [4.78, 5) is 16.4. The van der Waals surface area contributed by atoms with E-state index >= 15 is 0 Å². The molecule has 0 bridgehead atoms. The van der Waals surface area contributed by atoms with Gasteiger partial charge in [0.05, 0.1) is 5.69 Å². The lowest BCUT2D eigenvalue weighted by atomic mass is 10.2. The van der Waals surface area contributed by atoms with E-state index in [4.69, 9.17) is 4.74 Å². The quantitative estimate of drug-likeness (QED) is 0.550. The number of carbonyl (C=O) groups excluding carboxylic acids is 1. The third-order valence-corrected chi connectivity index (χ3v) is 4.78.